The molecule has 1 aromatic rings. The summed E-state index contributed by atoms with van der Waals surface area (Å²) in [7, 11) is 0. The summed E-state index contributed by atoms with van der Waals surface area (Å²) in [4.78, 5) is 0. The van der Waals surface area contributed by atoms with Crippen LogP contribution in [0.1, 0.15) is 12.5 Å². The minimum Gasteiger partial charge on any atom is -0.157 e. The predicted octanol–water partition coefficient (Wildman–Crippen LogP) is 3.59. The van der Waals surface area contributed by atoms with Gasteiger partial charge in [-0.3, -0.25) is 0 Å². The molecule has 0 N–H and O–H groups in total. The molecule has 0 atom stereocenters. The fourth-order valence-electron chi connectivity index (χ4n) is 0.847. The molecule has 0 aliphatic heterocycles. The standard InChI is InChI=1S/C9H11ClS/c1-2-11-7-8-4-3-5-9(10)6-8/h3-6H,2,7H2,1H3. The van der Waals surface area contributed by atoms with Crippen LogP contribution >= 0.6 is 23.4 Å². The maximum atomic E-state index is 5.81. The van der Waals surface area contributed by atoms with Gasteiger partial charge in [0.05, 0.1) is 0 Å². The van der Waals surface area contributed by atoms with Gasteiger partial charge in [0, 0.05) is 10.8 Å². The minimum absolute atomic E-state index is 0.833. The summed E-state index contributed by atoms with van der Waals surface area (Å²) in [6.07, 6.45) is 0. The summed E-state index contributed by atoms with van der Waals surface area (Å²) < 4.78 is 0. The Bertz CT molecular complexity index is 223. The van der Waals surface area contributed by atoms with Crippen molar-refractivity contribution in [2.45, 2.75) is 12.7 Å². The Morgan fingerprint density at radius 1 is 1.45 bits per heavy atom. The molecule has 0 bridgehead atoms. The molecule has 1 rings (SSSR count). The maximum absolute atomic E-state index is 5.81. The average Bonchev–Trinajstić information content (AvgIpc) is 2.01. The van der Waals surface area contributed by atoms with Gasteiger partial charge in [0.1, 0.15) is 0 Å². The van der Waals surface area contributed by atoms with Crippen LogP contribution in [0.4, 0.5) is 0 Å². The highest BCUT2D eigenvalue weighted by Crippen LogP contribution is 2.15. The Morgan fingerprint density at radius 2 is 2.27 bits per heavy atom. The van der Waals surface area contributed by atoms with Crippen LogP contribution in [0.3, 0.4) is 0 Å². The summed E-state index contributed by atoms with van der Waals surface area (Å²) in [6, 6.07) is 8.02. The summed E-state index contributed by atoms with van der Waals surface area (Å²) in [5, 5.41) is 0.833. The highest BCUT2D eigenvalue weighted by molar-refractivity contribution is 7.98. The van der Waals surface area contributed by atoms with E-state index in [1.54, 1.807) is 0 Å². The lowest BCUT2D eigenvalue weighted by atomic mass is 10.2. The van der Waals surface area contributed by atoms with Crippen LogP contribution < -0.4 is 0 Å². The first-order chi connectivity index (χ1) is 5.33. The highest BCUT2D eigenvalue weighted by atomic mass is 35.5. The smallest absolute Gasteiger partial charge is 0.0409 e. The van der Waals surface area contributed by atoms with Gasteiger partial charge >= 0.3 is 0 Å². The number of halogens is 1. The van der Waals surface area contributed by atoms with E-state index in [-0.39, 0.29) is 0 Å². The van der Waals surface area contributed by atoms with E-state index in [2.05, 4.69) is 13.0 Å². The second kappa shape index (κ2) is 4.68. The third-order valence-corrected chi connectivity index (χ3v) is 2.54. The molecular formula is C9H11ClS. The van der Waals surface area contributed by atoms with Crippen molar-refractivity contribution in [2.24, 2.45) is 0 Å². The Hall–Kier alpha value is -0.140. The normalized spacial score (nSPS) is 10.0. The first-order valence-corrected chi connectivity index (χ1v) is 5.18. The van der Waals surface area contributed by atoms with Crippen LogP contribution in [-0.4, -0.2) is 5.75 Å². The molecule has 0 fully saturated rings. The van der Waals surface area contributed by atoms with E-state index in [1.165, 1.54) is 5.56 Å². The van der Waals surface area contributed by atoms with Gasteiger partial charge in [0.2, 0.25) is 0 Å². The van der Waals surface area contributed by atoms with Crippen LogP contribution in [0, 0.1) is 0 Å². The molecular weight excluding hydrogens is 176 g/mol. The van der Waals surface area contributed by atoms with Crippen molar-refractivity contribution in [2.75, 3.05) is 5.75 Å². The number of hydrogen-bond acceptors (Lipinski definition) is 1. The summed E-state index contributed by atoms with van der Waals surface area (Å²) in [5.41, 5.74) is 1.31. The van der Waals surface area contributed by atoms with Crippen LogP contribution in [0.5, 0.6) is 0 Å². The van der Waals surface area contributed by atoms with Crippen LogP contribution in [0.15, 0.2) is 24.3 Å². The summed E-state index contributed by atoms with van der Waals surface area (Å²) in [5.74, 6) is 2.23. The van der Waals surface area contributed by atoms with E-state index in [4.69, 9.17) is 11.6 Å². The summed E-state index contributed by atoms with van der Waals surface area (Å²) >= 11 is 7.73. The van der Waals surface area contributed by atoms with Crippen molar-refractivity contribution in [1.29, 1.82) is 0 Å². The lowest BCUT2D eigenvalue weighted by Gasteiger charge is -1.98. The number of hydrogen-bond donors (Lipinski definition) is 0. The van der Waals surface area contributed by atoms with Crippen molar-refractivity contribution in [3.63, 3.8) is 0 Å². The van der Waals surface area contributed by atoms with Gasteiger partial charge in [-0.05, 0) is 23.4 Å². The third-order valence-electron chi connectivity index (χ3n) is 1.36. The molecule has 0 aromatic heterocycles. The van der Waals surface area contributed by atoms with E-state index < -0.39 is 0 Å². The molecule has 60 valence electrons. The SMILES string of the molecule is CCSCc1cccc(Cl)c1. The van der Waals surface area contributed by atoms with E-state index in [0.29, 0.717) is 0 Å². The van der Waals surface area contributed by atoms with Crippen molar-refractivity contribution >= 4 is 23.4 Å². The zero-order chi connectivity index (χ0) is 8.10. The van der Waals surface area contributed by atoms with Gasteiger partial charge in [-0.1, -0.05) is 30.7 Å². The van der Waals surface area contributed by atoms with Crippen LogP contribution in [0.2, 0.25) is 5.02 Å². The Kier molecular flexibility index (Phi) is 3.81. The molecule has 0 amide bonds. The van der Waals surface area contributed by atoms with E-state index >= 15 is 0 Å². The first kappa shape index (κ1) is 8.95. The molecule has 0 aliphatic carbocycles. The summed E-state index contributed by atoms with van der Waals surface area (Å²) in [6.45, 7) is 2.16. The van der Waals surface area contributed by atoms with Crippen molar-refractivity contribution in [3.05, 3.63) is 34.9 Å². The number of thioether (sulfide) groups is 1. The van der Waals surface area contributed by atoms with Gasteiger partial charge in [-0.2, -0.15) is 11.8 Å². The third kappa shape index (κ3) is 3.17. The zero-order valence-corrected chi connectivity index (χ0v) is 8.08. The molecule has 0 nitrogen and oxygen atoms in total. The first-order valence-electron chi connectivity index (χ1n) is 3.65. The fraction of sp³-hybridized carbons (Fsp3) is 0.333. The quantitative estimate of drug-likeness (QED) is 0.695. The lowest BCUT2D eigenvalue weighted by Crippen LogP contribution is -1.79. The van der Waals surface area contributed by atoms with Crippen molar-refractivity contribution < 1.29 is 0 Å². The molecule has 0 heterocycles. The molecule has 11 heavy (non-hydrogen) atoms. The second-order valence-electron chi connectivity index (χ2n) is 2.27. The molecule has 0 saturated carbocycles. The molecule has 0 saturated heterocycles. The average molecular weight is 187 g/mol. The van der Waals surface area contributed by atoms with Gasteiger partial charge in [0.15, 0.2) is 0 Å². The zero-order valence-electron chi connectivity index (χ0n) is 6.51. The topological polar surface area (TPSA) is 0 Å². The maximum Gasteiger partial charge on any atom is 0.0409 e. The van der Waals surface area contributed by atoms with Crippen molar-refractivity contribution in [1.82, 2.24) is 0 Å². The Balaban J connectivity index is 2.56. The largest absolute Gasteiger partial charge is 0.157 e. The van der Waals surface area contributed by atoms with Gasteiger partial charge in [0.25, 0.3) is 0 Å². The lowest BCUT2D eigenvalue weighted by molar-refractivity contribution is 1.39. The fourth-order valence-corrected chi connectivity index (χ4v) is 1.68. The number of rotatable bonds is 3. The Labute approximate surface area is 77.0 Å². The van der Waals surface area contributed by atoms with E-state index in [0.717, 1.165) is 16.5 Å². The van der Waals surface area contributed by atoms with Crippen LogP contribution in [-0.2, 0) is 5.75 Å². The molecule has 0 spiro atoms. The van der Waals surface area contributed by atoms with E-state index in [1.807, 2.05) is 30.0 Å². The molecule has 0 radical (unpaired) electrons. The molecule has 0 aliphatic rings. The van der Waals surface area contributed by atoms with Gasteiger partial charge in [-0.25, -0.2) is 0 Å². The number of benzene rings is 1. The highest BCUT2D eigenvalue weighted by Gasteiger charge is 1.92. The molecule has 0 unspecified atom stereocenters. The molecule has 1 aromatic carbocycles. The van der Waals surface area contributed by atoms with Crippen molar-refractivity contribution in [3.8, 4) is 0 Å². The Morgan fingerprint density at radius 3 is 2.91 bits per heavy atom. The predicted molar refractivity (Wildman–Crippen MR) is 53.3 cm³/mol. The monoisotopic (exact) mass is 186 g/mol. The minimum atomic E-state index is 0.833. The van der Waals surface area contributed by atoms with Crippen LogP contribution in [0.25, 0.3) is 0 Å². The van der Waals surface area contributed by atoms with E-state index in [9.17, 15) is 0 Å². The molecule has 2 heteroatoms. The van der Waals surface area contributed by atoms with Gasteiger partial charge in [-0.15, -0.1) is 0 Å². The van der Waals surface area contributed by atoms with Gasteiger partial charge < -0.3 is 0 Å². The second-order valence-corrected chi connectivity index (χ2v) is 3.98.